The first kappa shape index (κ1) is 7.30. The molecule has 0 unspecified atom stereocenters. The van der Waals surface area contributed by atoms with Crippen LogP contribution in [0.2, 0.25) is 0 Å². The van der Waals surface area contributed by atoms with Gasteiger partial charge >= 0.3 is 0 Å². The SMILES string of the molecule is Cc1ccn(-c2nc(N)cs2)n1. The summed E-state index contributed by atoms with van der Waals surface area (Å²) in [6.07, 6.45) is 1.87. The highest BCUT2D eigenvalue weighted by atomic mass is 32.1. The second kappa shape index (κ2) is 2.60. The maximum atomic E-state index is 5.48. The number of nitrogens with zero attached hydrogens (tertiary/aromatic N) is 3. The highest BCUT2D eigenvalue weighted by Crippen LogP contribution is 2.14. The molecule has 12 heavy (non-hydrogen) atoms. The van der Waals surface area contributed by atoms with Crippen LogP contribution in [0.3, 0.4) is 0 Å². The number of rotatable bonds is 1. The molecule has 2 heterocycles. The average Bonchev–Trinajstić information content (AvgIpc) is 2.58. The zero-order chi connectivity index (χ0) is 8.55. The van der Waals surface area contributed by atoms with Crippen LogP contribution in [-0.2, 0) is 0 Å². The molecule has 0 aliphatic carbocycles. The first-order valence-electron chi connectivity index (χ1n) is 3.49. The molecule has 0 saturated carbocycles. The summed E-state index contributed by atoms with van der Waals surface area (Å²) >= 11 is 1.48. The third-order valence-corrected chi connectivity index (χ3v) is 2.28. The van der Waals surface area contributed by atoms with Crippen molar-refractivity contribution in [3.05, 3.63) is 23.3 Å². The molecule has 4 nitrogen and oxygen atoms in total. The molecule has 2 rings (SSSR count). The van der Waals surface area contributed by atoms with E-state index < -0.39 is 0 Å². The van der Waals surface area contributed by atoms with Gasteiger partial charge < -0.3 is 5.73 Å². The summed E-state index contributed by atoms with van der Waals surface area (Å²) in [6.45, 7) is 1.94. The standard InChI is InChI=1S/C7H8N4S/c1-5-2-3-11(10-5)7-9-6(8)4-12-7/h2-4H,8H2,1H3. The lowest BCUT2D eigenvalue weighted by atomic mass is 10.5. The Morgan fingerprint density at radius 1 is 1.58 bits per heavy atom. The molecule has 0 bridgehead atoms. The summed E-state index contributed by atoms with van der Waals surface area (Å²) in [4.78, 5) is 4.09. The Hall–Kier alpha value is -1.36. The largest absolute Gasteiger partial charge is 0.383 e. The van der Waals surface area contributed by atoms with E-state index in [1.54, 1.807) is 10.1 Å². The first-order chi connectivity index (χ1) is 5.75. The number of hydrogen-bond acceptors (Lipinski definition) is 4. The summed E-state index contributed by atoms with van der Waals surface area (Å²) in [7, 11) is 0. The summed E-state index contributed by atoms with van der Waals surface area (Å²) in [5.41, 5.74) is 6.46. The summed E-state index contributed by atoms with van der Waals surface area (Å²) in [5, 5.41) is 6.81. The van der Waals surface area contributed by atoms with Gasteiger partial charge in [0.15, 0.2) is 0 Å². The molecule has 2 aromatic heterocycles. The van der Waals surface area contributed by atoms with Gasteiger partial charge in [0, 0.05) is 11.6 Å². The molecule has 2 aromatic rings. The lowest BCUT2D eigenvalue weighted by Crippen LogP contribution is -1.94. The topological polar surface area (TPSA) is 56.7 Å². The van der Waals surface area contributed by atoms with Crippen molar-refractivity contribution < 1.29 is 0 Å². The van der Waals surface area contributed by atoms with Crippen LogP contribution in [0.1, 0.15) is 5.69 Å². The van der Waals surface area contributed by atoms with E-state index in [1.807, 2.05) is 19.2 Å². The Kier molecular flexibility index (Phi) is 1.58. The number of thiazole rings is 1. The third-order valence-electron chi connectivity index (χ3n) is 1.43. The number of nitrogens with two attached hydrogens (primary N) is 1. The zero-order valence-electron chi connectivity index (χ0n) is 6.56. The van der Waals surface area contributed by atoms with Gasteiger partial charge in [0.05, 0.1) is 5.69 Å². The van der Waals surface area contributed by atoms with Crippen molar-refractivity contribution in [1.29, 1.82) is 0 Å². The molecule has 0 fully saturated rings. The number of aromatic nitrogens is 3. The average molecular weight is 180 g/mol. The van der Waals surface area contributed by atoms with Crippen LogP contribution in [0.15, 0.2) is 17.6 Å². The molecule has 0 radical (unpaired) electrons. The Bertz CT molecular complexity index is 351. The molecule has 5 heteroatoms. The lowest BCUT2D eigenvalue weighted by Gasteiger charge is -1.91. The minimum Gasteiger partial charge on any atom is -0.383 e. The third kappa shape index (κ3) is 1.18. The van der Waals surface area contributed by atoms with E-state index in [0.717, 1.165) is 10.8 Å². The van der Waals surface area contributed by atoms with Gasteiger partial charge in [-0.3, -0.25) is 0 Å². The Morgan fingerprint density at radius 3 is 2.92 bits per heavy atom. The summed E-state index contributed by atoms with van der Waals surface area (Å²) in [5.74, 6) is 0.545. The summed E-state index contributed by atoms with van der Waals surface area (Å²) < 4.78 is 1.72. The van der Waals surface area contributed by atoms with Gasteiger partial charge in [0.1, 0.15) is 5.82 Å². The van der Waals surface area contributed by atoms with Crippen LogP contribution in [0, 0.1) is 6.92 Å². The van der Waals surface area contributed by atoms with E-state index in [9.17, 15) is 0 Å². The minimum absolute atomic E-state index is 0.545. The zero-order valence-corrected chi connectivity index (χ0v) is 7.38. The van der Waals surface area contributed by atoms with Gasteiger partial charge in [-0.05, 0) is 13.0 Å². The van der Waals surface area contributed by atoms with Crippen LogP contribution in [0.25, 0.3) is 5.13 Å². The van der Waals surface area contributed by atoms with Gasteiger partial charge in [-0.15, -0.1) is 11.3 Å². The van der Waals surface area contributed by atoms with Gasteiger partial charge in [0.25, 0.3) is 0 Å². The molecule has 0 saturated heterocycles. The van der Waals surface area contributed by atoms with Crippen molar-refractivity contribution in [1.82, 2.24) is 14.8 Å². The van der Waals surface area contributed by atoms with Crippen molar-refractivity contribution >= 4 is 17.2 Å². The molecular weight excluding hydrogens is 172 g/mol. The van der Waals surface area contributed by atoms with Crippen molar-refractivity contribution in [3.63, 3.8) is 0 Å². The number of hydrogen-bond donors (Lipinski definition) is 1. The van der Waals surface area contributed by atoms with Crippen LogP contribution in [0.4, 0.5) is 5.82 Å². The Labute approximate surface area is 73.7 Å². The maximum Gasteiger partial charge on any atom is 0.212 e. The van der Waals surface area contributed by atoms with E-state index >= 15 is 0 Å². The van der Waals surface area contributed by atoms with Crippen molar-refractivity contribution in [2.45, 2.75) is 6.92 Å². The van der Waals surface area contributed by atoms with Gasteiger partial charge in [-0.25, -0.2) is 9.67 Å². The Morgan fingerprint density at radius 2 is 2.42 bits per heavy atom. The lowest BCUT2D eigenvalue weighted by molar-refractivity contribution is 0.854. The first-order valence-corrected chi connectivity index (χ1v) is 4.37. The predicted molar refractivity (Wildman–Crippen MR) is 48.4 cm³/mol. The fraction of sp³-hybridized carbons (Fsp3) is 0.143. The quantitative estimate of drug-likeness (QED) is 0.717. The van der Waals surface area contributed by atoms with E-state index in [0.29, 0.717) is 5.82 Å². The fourth-order valence-corrected chi connectivity index (χ4v) is 1.55. The van der Waals surface area contributed by atoms with Crippen molar-refractivity contribution in [2.75, 3.05) is 5.73 Å². The molecule has 0 aromatic carbocycles. The predicted octanol–water partition coefficient (Wildman–Crippen LogP) is 1.22. The number of anilines is 1. The van der Waals surface area contributed by atoms with Crippen molar-refractivity contribution in [3.8, 4) is 5.13 Å². The second-order valence-electron chi connectivity index (χ2n) is 2.46. The van der Waals surface area contributed by atoms with E-state index in [4.69, 9.17) is 5.73 Å². The van der Waals surface area contributed by atoms with Gasteiger partial charge in [0.2, 0.25) is 5.13 Å². The molecule has 0 spiro atoms. The van der Waals surface area contributed by atoms with Crippen LogP contribution < -0.4 is 5.73 Å². The van der Waals surface area contributed by atoms with E-state index in [2.05, 4.69) is 10.1 Å². The van der Waals surface area contributed by atoms with E-state index in [1.165, 1.54) is 11.3 Å². The van der Waals surface area contributed by atoms with Gasteiger partial charge in [-0.2, -0.15) is 5.10 Å². The fourth-order valence-electron chi connectivity index (χ4n) is 0.903. The van der Waals surface area contributed by atoms with Crippen LogP contribution in [-0.4, -0.2) is 14.8 Å². The molecule has 62 valence electrons. The highest BCUT2D eigenvalue weighted by Gasteiger charge is 2.01. The highest BCUT2D eigenvalue weighted by molar-refractivity contribution is 7.12. The number of nitrogen functional groups attached to an aromatic ring is 1. The van der Waals surface area contributed by atoms with Crippen LogP contribution in [0.5, 0.6) is 0 Å². The molecule has 0 atom stereocenters. The normalized spacial score (nSPS) is 10.4. The van der Waals surface area contributed by atoms with Crippen LogP contribution >= 0.6 is 11.3 Å². The minimum atomic E-state index is 0.545. The van der Waals surface area contributed by atoms with Crippen molar-refractivity contribution in [2.24, 2.45) is 0 Å². The van der Waals surface area contributed by atoms with E-state index in [-0.39, 0.29) is 0 Å². The maximum absolute atomic E-state index is 5.48. The molecule has 0 aliphatic heterocycles. The summed E-state index contributed by atoms with van der Waals surface area (Å²) in [6, 6.07) is 1.93. The molecule has 0 aliphatic rings. The van der Waals surface area contributed by atoms with Gasteiger partial charge in [-0.1, -0.05) is 0 Å². The number of aryl methyl sites for hydroxylation is 1. The molecular formula is C7H8N4S. The monoisotopic (exact) mass is 180 g/mol. The second-order valence-corrected chi connectivity index (χ2v) is 3.29. The Balaban J connectivity index is 2.43. The smallest absolute Gasteiger partial charge is 0.212 e. The molecule has 2 N–H and O–H groups in total. The molecule has 0 amide bonds.